The van der Waals surface area contributed by atoms with E-state index < -0.39 is 23.9 Å². The predicted octanol–water partition coefficient (Wildman–Crippen LogP) is 5.25. The third-order valence-corrected chi connectivity index (χ3v) is 7.66. The van der Waals surface area contributed by atoms with Gasteiger partial charge in [-0.15, -0.1) is 11.3 Å². The summed E-state index contributed by atoms with van der Waals surface area (Å²) in [6.45, 7) is 8.87. The number of Topliss-reactive ketones (excluding diaryl/α,β-unsaturated/α-hetero) is 1. The number of aryl methyl sites for hydroxylation is 2. The highest BCUT2D eigenvalue weighted by Gasteiger charge is 2.38. The first-order valence-corrected chi connectivity index (χ1v) is 14.3. The molecule has 10 nitrogen and oxygen atoms in total. The van der Waals surface area contributed by atoms with Gasteiger partial charge >= 0.3 is 12.0 Å². The number of fused-ring (bicyclic) bond motifs is 1. The number of hydrogen-bond donors (Lipinski definition) is 3. The quantitative estimate of drug-likeness (QED) is 0.322. The SMILES string of the molecule is Cc1ccc2c(c1)N(CC(=O)c1cccs1)C(=O)C(NC(=O)Nc1ccc(C)c(C(=O)O)c1)CN2C(=O)CC(C)(C)C. The lowest BCUT2D eigenvalue weighted by molar-refractivity contribution is -0.121. The zero-order chi connectivity index (χ0) is 30.8. The Kier molecular flexibility index (Phi) is 8.81. The van der Waals surface area contributed by atoms with Crippen LogP contribution < -0.4 is 20.4 Å². The Morgan fingerprint density at radius 2 is 1.76 bits per heavy atom. The first-order chi connectivity index (χ1) is 19.7. The summed E-state index contributed by atoms with van der Waals surface area (Å²) in [5.74, 6) is -2.20. The van der Waals surface area contributed by atoms with Crippen molar-refractivity contribution >= 4 is 58.0 Å². The highest BCUT2D eigenvalue weighted by molar-refractivity contribution is 7.12. The minimum Gasteiger partial charge on any atom is -0.478 e. The maximum absolute atomic E-state index is 14.1. The van der Waals surface area contributed by atoms with Gasteiger partial charge in [-0.1, -0.05) is 39.0 Å². The molecule has 4 amide bonds. The highest BCUT2D eigenvalue weighted by Crippen LogP contribution is 2.36. The normalized spacial score (nSPS) is 15.1. The number of benzene rings is 2. The van der Waals surface area contributed by atoms with Gasteiger partial charge in [0.05, 0.1) is 34.9 Å². The second-order valence-electron chi connectivity index (χ2n) is 11.5. The van der Waals surface area contributed by atoms with E-state index in [1.165, 1.54) is 27.2 Å². The lowest BCUT2D eigenvalue weighted by Crippen LogP contribution is -2.54. The number of carboxylic acids is 1. The topological polar surface area (TPSA) is 136 Å². The molecule has 4 rings (SSSR count). The molecule has 1 aliphatic heterocycles. The summed E-state index contributed by atoms with van der Waals surface area (Å²) in [6, 6.07) is 11.3. The molecule has 0 saturated heterocycles. The number of carbonyl (C=O) groups is 5. The van der Waals surface area contributed by atoms with E-state index in [9.17, 15) is 29.1 Å². The van der Waals surface area contributed by atoms with Gasteiger partial charge < -0.3 is 25.5 Å². The largest absolute Gasteiger partial charge is 0.478 e. The number of carboxylic acid groups (broad SMARTS) is 1. The van der Waals surface area contributed by atoms with E-state index in [4.69, 9.17) is 0 Å². The lowest BCUT2D eigenvalue weighted by atomic mass is 9.91. The van der Waals surface area contributed by atoms with Gasteiger partial charge in [-0.3, -0.25) is 14.4 Å². The van der Waals surface area contributed by atoms with E-state index in [0.29, 0.717) is 21.8 Å². The number of rotatable bonds is 7. The maximum atomic E-state index is 14.1. The fourth-order valence-electron chi connectivity index (χ4n) is 4.71. The van der Waals surface area contributed by atoms with Gasteiger partial charge in [0.15, 0.2) is 5.78 Å². The molecule has 2 aromatic carbocycles. The van der Waals surface area contributed by atoms with Crippen LogP contribution in [0.3, 0.4) is 0 Å². The summed E-state index contributed by atoms with van der Waals surface area (Å²) >= 11 is 1.27. The fraction of sp³-hybridized carbons (Fsp3) is 0.323. The van der Waals surface area contributed by atoms with Crippen molar-refractivity contribution in [2.24, 2.45) is 5.41 Å². The summed E-state index contributed by atoms with van der Waals surface area (Å²) in [7, 11) is 0. The Bertz CT molecular complexity index is 1540. The van der Waals surface area contributed by atoms with Crippen LogP contribution in [-0.4, -0.2) is 53.8 Å². The Balaban J connectivity index is 1.71. The van der Waals surface area contributed by atoms with Gasteiger partial charge in [0, 0.05) is 12.1 Å². The van der Waals surface area contributed by atoms with Gasteiger partial charge in [0.25, 0.3) is 5.91 Å². The number of aromatic carboxylic acids is 1. The van der Waals surface area contributed by atoms with Gasteiger partial charge in [0.2, 0.25) is 5.91 Å². The van der Waals surface area contributed by atoms with E-state index in [2.05, 4.69) is 10.6 Å². The summed E-state index contributed by atoms with van der Waals surface area (Å²) < 4.78 is 0. The molecule has 0 bridgehead atoms. The summed E-state index contributed by atoms with van der Waals surface area (Å²) in [6.07, 6.45) is 0.183. The van der Waals surface area contributed by atoms with Crippen LogP contribution in [0.1, 0.15) is 58.3 Å². The molecule has 1 atom stereocenters. The number of anilines is 3. The Labute approximate surface area is 248 Å². The van der Waals surface area contributed by atoms with E-state index in [0.717, 1.165) is 5.56 Å². The third kappa shape index (κ3) is 7.03. The summed E-state index contributed by atoms with van der Waals surface area (Å²) in [4.78, 5) is 68.9. The zero-order valence-corrected chi connectivity index (χ0v) is 25.0. The van der Waals surface area contributed by atoms with E-state index in [1.807, 2.05) is 33.8 Å². The van der Waals surface area contributed by atoms with Crippen molar-refractivity contribution in [3.8, 4) is 0 Å². The number of hydrogen-bond acceptors (Lipinski definition) is 6. The Morgan fingerprint density at radius 3 is 2.40 bits per heavy atom. The Hall–Kier alpha value is -4.51. The van der Waals surface area contributed by atoms with Gasteiger partial charge in [-0.25, -0.2) is 9.59 Å². The number of nitrogens with zero attached hydrogens (tertiary/aromatic N) is 2. The van der Waals surface area contributed by atoms with Crippen LogP contribution in [0.15, 0.2) is 53.9 Å². The van der Waals surface area contributed by atoms with E-state index in [1.54, 1.807) is 48.7 Å². The number of ketones is 1. The molecule has 1 unspecified atom stereocenters. The number of thiophene rings is 1. The van der Waals surface area contributed by atoms with Crippen molar-refractivity contribution in [1.29, 1.82) is 0 Å². The lowest BCUT2D eigenvalue weighted by Gasteiger charge is -2.28. The second-order valence-corrected chi connectivity index (χ2v) is 12.5. The van der Waals surface area contributed by atoms with E-state index >= 15 is 0 Å². The van der Waals surface area contributed by atoms with Crippen molar-refractivity contribution in [2.75, 3.05) is 28.2 Å². The molecule has 3 aromatic rings. The highest BCUT2D eigenvalue weighted by atomic mass is 32.1. The van der Waals surface area contributed by atoms with E-state index in [-0.39, 0.29) is 47.9 Å². The van der Waals surface area contributed by atoms with Crippen molar-refractivity contribution in [1.82, 2.24) is 5.32 Å². The van der Waals surface area contributed by atoms with Gasteiger partial charge in [-0.05, 0) is 66.1 Å². The number of carbonyl (C=O) groups excluding carboxylic acids is 4. The van der Waals surface area contributed by atoms with Crippen LogP contribution >= 0.6 is 11.3 Å². The molecular formula is C31H34N4O6S. The molecule has 0 saturated carbocycles. The number of amides is 4. The molecule has 1 aliphatic rings. The van der Waals surface area contributed by atoms with Crippen molar-refractivity contribution in [2.45, 2.75) is 47.1 Å². The maximum Gasteiger partial charge on any atom is 0.336 e. The summed E-state index contributed by atoms with van der Waals surface area (Å²) in [5, 5.41) is 16.5. The first kappa shape index (κ1) is 30.4. The van der Waals surface area contributed by atoms with Gasteiger partial charge in [0.1, 0.15) is 6.04 Å². The average Bonchev–Trinajstić information content (AvgIpc) is 3.41. The van der Waals surface area contributed by atoms with Crippen LogP contribution in [0.4, 0.5) is 21.9 Å². The molecule has 0 aliphatic carbocycles. The average molecular weight is 591 g/mol. The van der Waals surface area contributed by atoms with Crippen LogP contribution in [0.5, 0.6) is 0 Å². The second kappa shape index (κ2) is 12.2. The molecule has 220 valence electrons. The van der Waals surface area contributed by atoms with Crippen molar-refractivity contribution in [3.63, 3.8) is 0 Å². The summed E-state index contributed by atoms with van der Waals surface area (Å²) in [5.41, 5.74) is 2.14. The minimum absolute atomic E-state index is 0.0291. The standard InChI is InChI=1S/C31H34N4O6S/c1-18-8-11-23-24(13-18)35(17-25(36)26-7-6-12-42-26)28(38)22(16-34(23)27(37)15-31(3,4)5)33-30(41)32-20-10-9-19(2)21(14-20)29(39)40/h6-14,22H,15-17H2,1-5H3,(H,39,40)(H2,32,33,41). The van der Waals surface area contributed by atoms with Crippen LogP contribution in [-0.2, 0) is 9.59 Å². The first-order valence-electron chi connectivity index (χ1n) is 13.4. The molecule has 0 radical (unpaired) electrons. The predicted molar refractivity (Wildman–Crippen MR) is 163 cm³/mol. The molecule has 42 heavy (non-hydrogen) atoms. The molecule has 11 heteroatoms. The molecule has 2 heterocycles. The molecule has 0 fully saturated rings. The zero-order valence-electron chi connectivity index (χ0n) is 24.2. The Morgan fingerprint density at radius 1 is 1.02 bits per heavy atom. The van der Waals surface area contributed by atoms with Crippen molar-refractivity contribution in [3.05, 3.63) is 75.5 Å². The molecule has 3 N–H and O–H groups in total. The minimum atomic E-state index is -1.21. The third-order valence-electron chi connectivity index (χ3n) is 6.75. The molecule has 0 spiro atoms. The van der Waals surface area contributed by atoms with Gasteiger partial charge in [-0.2, -0.15) is 0 Å². The monoisotopic (exact) mass is 590 g/mol. The molecule has 1 aromatic heterocycles. The van der Waals surface area contributed by atoms with Crippen molar-refractivity contribution < 1.29 is 29.1 Å². The smallest absolute Gasteiger partial charge is 0.336 e. The van der Waals surface area contributed by atoms with Crippen LogP contribution in [0, 0.1) is 19.3 Å². The van der Waals surface area contributed by atoms with Crippen LogP contribution in [0.25, 0.3) is 0 Å². The number of nitrogens with one attached hydrogen (secondary N) is 2. The fourth-order valence-corrected chi connectivity index (χ4v) is 5.37. The molecular weight excluding hydrogens is 556 g/mol. The van der Waals surface area contributed by atoms with Crippen LogP contribution in [0.2, 0.25) is 0 Å². The number of urea groups is 1.